The largest absolute Gasteiger partial charge is 0.334 e. The lowest BCUT2D eigenvalue weighted by molar-refractivity contribution is 0.0770. The van der Waals surface area contributed by atoms with Crippen LogP contribution < -0.4 is 0 Å². The van der Waals surface area contributed by atoms with Gasteiger partial charge >= 0.3 is 0 Å². The maximum Gasteiger partial charge on any atom is 0.291 e. The van der Waals surface area contributed by atoms with E-state index in [1.165, 1.54) is 6.33 Å². The number of rotatable bonds is 2. The minimum absolute atomic E-state index is 0.0614. The molecule has 1 saturated heterocycles. The van der Waals surface area contributed by atoms with Crippen LogP contribution in [0.15, 0.2) is 6.33 Å². The van der Waals surface area contributed by atoms with Gasteiger partial charge in [0, 0.05) is 19.1 Å². The summed E-state index contributed by atoms with van der Waals surface area (Å²) >= 11 is 0. The fourth-order valence-electron chi connectivity index (χ4n) is 2.25. The molecule has 1 fully saturated rings. The van der Waals surface area contributed by atoms with Gasteiger partial charge in [-0.2, -0.15) is 5.10 Å². The molecule has 0 spiro atoms. The number of H-pyrrole nitrogens is 1. The summed E-state index contributed by atoms with van der Waals surface area (Å²) in [6.45, 7) is 3.70. The number of hydrogen-bond acceptors (Lipinski definition) is 4. The number of aromatic amines is 1. The van der Waals surface area contributed by atoms with Gasteiger partial charge in [0.1, 0.15) is 6.33 Å². The quantitative estimate of drug-likeness (QED) is 0.756. The summed E-state index contributed by atoms with van der Waals surface area (Å²) in [6.07, 6.45) is 1.36. The molecule has 1 aromatic rings. The monoisotopic (exact) mass is 223 g/mol. The highest BCUT2D eigenvalue weighted by atomic mass is 16.2. The predicted octanol–water partition coefficient (Wildman–Crippen LogP) is -0.173. The molecule has 1 amide bonds. The van der Waals surface area contributed by atoms with Crippen molar-refractivity contribution in [3.05, 3.63) is 12.2 Å². The number of likely N-dealkylation sites (N-methyl/N-ethyl adjacent to an activating group) is 1. The van der Waals surface area contributed by atoms with E-state index in [4.69, 9.17) is 0 Å². The molecule has 1 N–H and O–H groups in total. The minimum Gasteiger partial charge on any atom is -0.334 e. The zero-order valence-corrected chi connectivity index (χ0v) is 9.84. The molecule has 0 aliphatic carbocycles. The highest BCUT2D eigenvalue weighted by Crippen LogP contribution is 2.20. The Morgan fingerprint density at radius 3 is 2.81 bits per heavy atom. The molecule has 2 heterocycles. The number of nitrogens with one attached hydrogen (secondary N) is 1. The molecular formula is C10H17N5O. The molecule has 1 aromatic heterocycles. The second-order valence-corrected chi connectivity index (χ2v) is 4.55. The first kappa shape index (κ1) is 11.1. The van der Waals surface area contributed by atoms with Gasteiger partial charge in [-0.3, -0.25) is 9.89 Å². The van der Waals surface area contributed by atoms with Crippen molar-refractivity contribution in [3.8, 4) is 0 Å². The van der Waals surface area contributed by atoms with Gasteiger partial charge in [0.15, 0.2) is 0 Å². The van der Waals surface area contributed by atoms with Crippen LogP contribution in [-0.2, 0) is 0 Å². The van der Waals surface area contributed by atoms with E-state index in [1.807, 2.05) is 19.0 Å². The van der Waals surface area contributed by atoms with Gasteiger partial charge in [0.05, 0.1) is 0 Å². The standard InChI is InChI=1S/C10H17N5O/c1-7-4-15(5-8(7)14(2)3)10(16)9-11-6-12-13-9/h6-8H,4-5H2,1-3H3,(H,11,12,13). The van der Waals surface area contributed by atoms with Crippen LogP contribution >= 0.6 is 0 Å². The molecule has 1 aliphatic rings. The van der Waals surface area contributed by atoms with Gasteiger partial charge in [-0.25, -0.2) is 4.98 Å². The Labute approximate surface area is 94.6 Å². The molecule has 2 rings (SSSR count). The van der Waals surface area contributed by atoms with Crippen molar-refractivity contribution >= 4 is 5.91 Å². The summed E-state index contributed by atoms with van der Waals surface area (Å²) in [6, 6.07) is 0.423. The van der Waals surface area contributed by atoms with Crippen LogP contribution in [0.25, 0.3) is 0 Å². The molecular weight excluding hydrogens is 206 g/mol. The number of amides is 1. The van der Waals surface area contributed by atoms with Crippen molar-refractivity contribution in [2.75, 3.05) is 27.2 Å². The Morgan fingerprint density at radius 2 is 2.31 bits per heavy atom. The van der Waals surface area contributed by atoms with Crippen LogP contribution in [0, 0.1) is 5.92 Å². The number of aromatic nitrogens is 3. The molecule has 0 bridgehead atoms. The number of carbonyl (C=O) groups is 1. The lowest BCUT2D eigenvalue weighted by Gasteiger charge is -2.22. The normalized spacial score (nSPS) is 25.4. The van der Waals surface area contributed by atoms with E-state index < -0.39 is 0 Å². The first-order valence-electron chi connectivity index (χ1n) is 5.40. The Morgan fingerprint density at radius 1 is 1.56 bits per heavy atom. The third kappa shape index (κ3) is 1.92. The van der Waals surface area contributed by atoms with Gasteiger partial charge in [0.25, 0.3) is 5.91 Å². The first-order valence-corrected chi connectivity index (χ1v) is 5.40. The third-order valence-corrected chi connectivity index (χ3v) is 3.14. The van der Waals surface area contributed by atoms with Crippen LogP contribution in [-0.4, -0.2) is 64.1 Å². The SMILES string of the molecule is CC1CN(C(=O)c2ncn[nH]2)CC1N(C)C. The zero-order valence-electron chi connectivity index (χ0n) is 9.84. The lowest BCUT2D eigenvalue weighted by Crippen LogP contribution is -2.36. The number of likely N-dealkylation sites (tertiary alicyclic amines) is 1. The molecule has 2 atom stereocenters. The Balaban J connectivity index is 2.06. The van der Waals surface area contributed by atoms with Crippen LogP contribution in [0.2, 0.25) is 0 Å². The maximum absolute atomic E-state index is 12.0. The zero-order chi connectivity index (χ0) is 11.7. The molecule has 1 aliphatic heterocycles. The van der Waals surface area contributed by atoms with Crippen molar-refractivity contribution in [2.45, 2.75) is 13.0 Å². The molecule has 0 radical (unpaired) electrons. The smallest absolute Gasteiger partial charge is 0.291 e. The number of nitrogens with zero attached hydrogens (tertiary/aromatic N) is 4. The fraction of sp³-hybridized carbons (Fsp3) is 0.700. The third-order valence-electron chi connectivity index (χ3n) is 3.14. The molecule has 16 heavy (non-hydrogen) atoms. The van der Waals surface area contributed by atoms with Crippen LogP contribution in [0.5, 0.6) is 0 Å². The average Bonchev–Trinajstić information content (AvgIpc) is 2.84. The van der Waals surface area contributed by atoms with E-state index in [0.717, 1.165) is 13.1 Å². The van der Waals surface area contributed by atoms with Crippen LogP contribution in [0.4, 0.5) is 0 Å². The Kier molecular flexibility index (Phi) is 2.91. The second kappa shape index (κ2) is 4.21. The molecule has 88 valence electrons. The van der Waals surface area contributed by atoms with Crippen LogP contribution in [0.1, 0.15) is 17.5 Å². The first-order chi connectivity index (χ1) is 7.59. The fourth-order valence-corrected chi connectivity index (χ4v) is 2.25. The highest BCUT2D eigenvalue weighted by molar-refractivity contribution is 5.90. The molecule has 6 heteroatoms. The Hall–Kier alpha value is -1.43. The van der Waals surface area contributed by atoms with Gasteiger partial charge in [-0.1, -0.05) is 6.92 Å². The number of carbonyl (C=O) groups excluding carboxylic acids is 1. The van der Waals surface area contributed by atoms with Crippen molar-refractivity contribution in [2.24, 2.45) is 5.92 Å². The van der Waals surface area contributed by atoms with Gasteiger partial charge in [-0.15, -0.1) is 0 Å². The minimum atomic E-state index is -0.0614. The number of hydrogen-bond donors (Lipinski definition) is 1. The predicted molar refractivity (Wildman–Crippen MR) is 58.9 cm³/mol. The van der Waals surface area contributed by atoms with E-state index in [0.29, 0.717) is 17.8 Å². The molecule has 6 nitrogen and oxygen atoms in total. The summed E-state index contributed by atoms with van der Waals surface area (Å²) < 4.78 is 0. The highest BCUT2D eigenvalue weighted by Gasteiger charge is 2.34. The van der Waals surface area contributed by atoms with E-state index in [9.17, 15) is 4.79 Å². The van der Waals surface area contributed by atoms with Crippen molar-refractivity contribution in [3.63, 3.8) is 0 Å². The van der Waals surface area contributed by atoms with Crippen molar-refractivity contribution in [1.29, 1.82) is 0 Å². The summed E-state index contributed by atoms with van der Waals surface area (Å²) in [7, 11) is 4.09. The molecule has 0 saturated carbocycles. The summed E-state index contributed by atoms with van der Waals surface area (Å²) in [5.74, 6) is 0.752. The molecule has 0 aromatic carbocycles. The maximum atomic E-state index is 12.0. The average molecular weight is 223 g/mol. The van der Waals surface area contributed by atoms with Gasteiger partial charge in [-0.05, 0) is 20.0 Å². The van der Waals surface area contributed by atoms with E-state index in [-0.39, 0.29) is 5.91 Å². The van der Waals surface area contributed by atoms with Gasteiger partial charge < -0.3 is 9.80 Å². The second-order valence-electron chi connectivity index (χ2n) is 4.55. The summed E-state index contributed by atoms with van der Waals surface area (Å²) in [5, 5.41) is 6.30. The molecule has 2 unspecified atom stereocenters. The van der Waals surface area contributed by atoms with Crippen LogP contribution in [0.3, 0.4) is 0 Å². The summed E-state index contributed by atoms with van der Waals surface area (Å²) in [5.41, 5.74) is 0. The Bertz CT molecular complexity index is 361. The lowest BCUT2D eigenvalue weighted by atomic mass is 10.1. The van der Waals surface area contributed by atoms with Gasteiger partial charge in [0.2, 0.25) is 5.82 Å². The van der Waals surface area contributed by atoms with Crippen molar-refractivity contribution in [1.82, 2.24) is 25.0 Å². The van der Waals surface area contributed by atoms with E-state index in [2.05, 4.69) is 27.0 Å². The van der Waals surface area contributed by atoms with E-state index >= 15 is 0 Å². The van der Waals surface area contributed by atoms with E-state index in [1.54, 1.807) is 0 Å². The van der Waals surface area contributed by atoms with Crippen molar-refractivity contribution < 1.29 is 4.79 Å². The summed E-state index contributed by atoms with van der Waals surface area (Å²) in [4.78, 5) is 19.9. The topological polar surface area (TPSA) is 65.1 Å².